The van der Waals surface area contributed by atoms with Crippen LogP contribution in [-0.2, 0) is 11.2 Å². The van der Waals surface area contributed by atoms with Gasteiger partial charge in [0, 0.05) is 22.1 Å². The van der Waals surface area contributed by atoms with E-state index < -0.39 is 17.3 Å². The Bertz CT molecular complexity index is 730. The average Bonchev–Trinajstić information content (AvgIpc) is 2.75. The Morgan fingerprint density at radius 2 is 1.86 bits per heavy atom. The lowest BCUT2D eigenvalue weighted by atomic mass is 9.98. The van der Waals surface area contributed by atoms with Gasteiger partial charge in [-0.1, -0.05) is 46.3 Å². The predicted octanol–water partition coefficient (Wildman–Crippen LogP) is 2.56. The van der Waals surface area contributed by atoms with Crippen molar-refractivity contribution >= 4 is 33.3 Å². The van der Waals surface area contributed by atoms with Crippen LogP contribution in [0.2, 0.25) is 0 Å². The van der Waals surface area contributed by atoms with Crippen LogP contribution in [0.4, 0.5) is 5.69 Å². The van der Waals surface area contributed by atoms with Crippen molar-refractivity contribution < 1.29 is 14.7 Å². The number of Topliss-reactive ketones (excluding diaryl/α,β-unsaturated/α-hetero) is 1. The number of carbonyl (C=O) groups is 2. The number of carbonyl (C=O) groups excluding carboxylic acids is 2. The molecule has 0 bridgehead atoms. The number of para-hydroxylation sites is 1. The van der Waals surface area contributed by atoms with Crippen LogP contribution in [0, 0.1) is 0 Å². The summed E-state index contributed by atoms with van der Waals surface area (Å²) in [5.41, 5.74) is -0.468. The Morgan fingerprint density at radius 1 is 1.14 bits per heavy atom. The highest BCUT2D eigenvalue weighted by Gasteiger charge is 2.50. The molecule has 0 aliphatic heterocycles. The van der Waals surface area contributed by atoms with E-state index in [2.05, 4.69) is 21.2 Å². The monoisotopic (exact) mass is 345 g/mol. The summed E-state index contributed by atoms with van der Waals surface area (Å²) in [7, 11) is 0. The first-order chi connectivity index (χ1) is 10.0. The summed E-state index contributed by atoms with van der Waals surface area (Å²) >= 11 is 3.35. The molecule has 1 aliphatic rings. The van der Waals surface area contributed by atoms with Crippen LogP contribution in [0.5, 0.6) is 0 Å². The molecule has 21 heavy (non-hydrogen) atoms. The van der Waals surface area contributed by atoms with Crippen molar-refractivity contribution in [1.29, 1.82) is 0 Å². The first-order valence-electron chi connectivity index (χ1n) is 6.43. The van der Waals surface area contributed by atoms with E-state index in [4.69, 9.17) is 0 Å². The molecule has 0 saturated heterocycles. The van der Waals surface area contributed by atoms with E-state index in [0.717, 1.165) is 4.47 Å². The fraction of sp³-hybridized carbons (Fsp3) is 0.125. The van der Waals surface area contributed by atoms with E-state index in [1.54, 1.807) is 42.5 Å². The molecule has 0 fully saturated rings. The van der Waals surface area contributed by atoms with Gasteiger partial charge in [0.2, 0.25) is 11.4 Å². The molecule has 1 atom stereocenters. The van der Waals surface area contributed by atoms with Crippen molar-refractivity contribution in [2.24, 2.45) is 0 Å². The van der Waals surface area contributed by atoms with E-state index in [9.17, 15) is 14.7 Å². The molecule has 1 aliphatic carbocycles. The maximum Gasteiger partial charge on any atom is 0.264 e. The van der Waals surface area contributed by atoms with Crippen LogP contribution in [-0.4, -0.2) is 22.4 Å². The van der Waals surface area contributed by atoms with E-state index in [-0.39, 0.29) is 6.42 Å². The first-order valence-corrected chi connectivity index (χ1v) is 7.23. The van der Waals surface area contributed by atoms with Gasteiger partial charge in [0.25, 0.3) is 5.91 Å². The molecule has 1 amide bonds. The molecule has 5 heteroatoms. The standard InChI is InChI=1S/C16H12BrNO3/c17-13-8-4-7-11-12(13)9-16(21,14(11)19)15(20)18-10-5-2-1-3-6-10/h1-8,21H,9H2,(H,18,20). The summed E-state index contributed by atoms with van der Waals surface area (Å²) in [4.78, 5) is 24.7. The minimum absolute atomic E-state index is 0.0265. The predicted molar refractivity (Wildman–Crippen MR) is 82.2 cm³/mol. The maximum atomic E-state index is 12.4. The number of ketones is 1. The third-order valence-electron chi connectivity index (χ3n) is 3.58. The largest absolute Gasteiger partial charge is 0.373 e. The van der Waals surface area contributed by atoms with Gasteiger partial charge in [-0.15, -0.1) is 0 Å². The summed E-state index contributed by atoms with van der Waals surface area (Å²) in [6.45, 7) is 0. The van der Waals surface area contributed by atoms with Crippen molar-refractivity contribution in [3.8, 4) is 0 Å². The highest BCUT2D eigenvalue weighted by Crippen LogP contribution is 2.35. The van der Waals surface area contributed by atoms with Crippen molar-refractivity contribution in [1.82, 2.24) is 0 Å². The highest BCUT2D eigenvalue weighted by atomic mass is 79.9. The normalized spacial score (nSPS) is 20.2. The molecular weight excluding hydrogens is 334 g/mol. The van der Waals surface area contributed by atoms with Gasteiger partial charge in [0.1, 0.15) is 0 Å². The SMILES string of the molecule is O=C(Nc1ccccc1)C1(O)Cc2c(Br)cccc2C1=O. The summed E-state index contributed by atoms with van der Waals surface area (Å²) in [5, 5.41) is 13.1. The zero-order valence-corrected chi connectivity index (χ0v) is 12.6. The van der Waals surface area contributed by atoms with E-state index in [1.165, 1.54) is 0 Å². The quantitative estimate of drug-likeness (QED) is 0.822. The Morgan fingerprint density at radius 3 is 2.52 bits per heavy atom. The van der Waals surface area contributed by atoms with Crippen molar-refractivity contribution in [3.05, 3.63) is 64.1 Å². The lowest BCUT2D eigenvalue weighted by Gasteiger charge is -2.19. The number of halogens is 1. The van der Waals surface area contributed by atoms with Crippen LogP contribution >= 0.6 is 15.9 Å². The second-order valence-electron chi connectivity index (χ2n) is 4.95. The second kappa shape index (κ2) is 5.09. The zero-order chi connectivity index (χ0) is 15.0. The van der Waals surface area contributed by atoms with E-state index in [1.807, 2.05) is 6.07 Å². The number of aliphatic hydroxyl groups is 1. The van der Waals surface area contributed by atoms with E-state index >= 15 is 0 Å². The fourth-order valence-corrected chi connectivity index (χ4v) is 2.96. The Hall–Kier alpha value is -1.98. The van der Waals surface area contributed by atoms with Crippen LogP contribution in [0.15, 0.2) is 53.0 Å². The van der Waals surface area contributed by atoms with Crippen molar-refractivity contribution in [2.45, 2.75) is 12.0 Å². The number of rotatable bonds is 2. The lowest BCUT2D eigenvalue weighted by molar-refractivity contribution is -0.129. The molecule has 0 saturated carbocycles. The van der Waals surface area contributed by atoms with Crippen LogP contribution in [0.1, 0.15) is 15.9 Å². The van der Waals surface area contributed by atoms with Crippen LogP contribution < -0.4 is 5.32 Å². The molecule has 4 nitrogen and oxygen atoms in total. The highest BCUT2D eigenvalue weighted by molar-refractivity contribution is 9.10. The fourth-order valence-electron chi connectivity index (χ4n) is 2.45. The Balaban J connectivity index is 1.91. The molecule has 0 spiro atoms. The topological polar surface area (TPSA) is 66.4 Å². The molecule has 106 valence electrons. The van der Waals surface area contributed by atoms with Gasteiger partial charge in [-0.2, -0.15) is 0 Å². The van der Waals surface area contributed by atoms with Gasteiger partial charge < -0.3 is 10.4 Å². The average molecular weight is 346 g/mol. The summed E-state index contributed by atoms with van der Waals surface area (Å²) in [6.07, 6.45) is -0.0265. The number of hydrogen-bond donors (Lipinski definition) is 2. The van der Waals surface area contributed by atoms with Crippen molar-refractivity contribution in [3.63, 3.8) is 0 Å². The number of nitrogens with one attached hydrogen (secondary N) is 1. The zero-order valence-electron chi connectivity index (χ0n) is 11.0. The van der Waals surface area contributed by atoms with Gasteiger partial charge in [-0.3, -0.25) is 9.59 Å². The Labute approximate surface area is 129 Å². The molecular formula is C16H12BrNO3. The van der Waals surface area contributed by atoms with Crippen molar-refractivity contribution in [2.75, 3.05) is 5.32 Å². The number of anilines is 1. The van der Waals surface area contributed by atoms with Gasteiger partial charge in [-0.25, -0.2) is 0 Å². The minimum atomic E-state index is -2.05. The minimum Gasteiger partial charge on any atom is -0.373 e. The third-order valence-corrected chi connectivity index (χ3v) is 4.32. The van der Waals surface area contributed by atoms with Gasteiger partial charge in [0.15, 0.2) is 0 Å². The smallest absolute Gasteiger partial charge is 0.264 e. The van der Waals surface area contributed by atoms with Gasteiger partial charge >= 0.3 is 0 Å². The first kappa shape index (κ1) is 14.0. The number of amides is 1. The number of benzene rings is 2. The van der Waals surface area contributed by atoms with Crippen LogP contribution in [0.3, 0.4) is 0 Å². The number of fused-ring (bicyclic) bond motifs is 1. The molecule has 2 N–H and O–H groups in total. The second-order valence-corrected chi connectivity index (χ2v) is 5.81. The summed E-state index contributed by atoms with van der Waals surface area (Å²) in [5.74, 6) is -1.27. The molecule has 3 rings (SSSR count). The molecule has 0 aromatic heterocycles. The molecule has 0 radical (unpaired) electrons. The van der Waals surface area contributed by atoms with Gasteiger partial charge in [0.05, 0.1) is 0 Å². The van der Waals surface area contributed by atoms with Crippen LogP contribution in [0.25, 0.3) is 0 Å². The number of hydrogen-bond acceptors (Lipinski definition) is 3. The third kappa shape index (κ3) is 2.28. The lowest BCUT2D eigenvalue weighted by Crippen LogP contribution is -2.48. The van der Waals surface area contributed by atoms with E-state index in [0.29, 0.717) is 16.8 Å². The molecule has 2 aromatic carbocycles. The molecule has 0 heterocycles. The summed E-state index contributed by atoms with van der Waals surface area (Å²) in [6, 6.07) is 13.9. The molecule has 2 aromatic rings. The Kier molecular flexibility index (Phi) is 3.39. The summed E-state index contributed by atoms with van der Waals surface area (Å²) < 4.78 is 0.719. The van der Waals surface area contributed by atoms with Gasteiger partial charge in [-0.05, 0) is 23.8 Å². The maximum absolute atomic E-state index is 12.4. The molecule has 1 unspecified atom stereocenters.